The lowest BCUT2D eigenvalue weighted by Gasteiger charge is -2.19. The second-order valence-electron chi connectivity index (χ2n) is 2.51. The Labute approximate surface area is 82.5 Å². The molecule has 1 heterocycles. The van der Waals surface area contributed by atoms with Crippen LogP contribution in [-0.2, 0) is 0 Å². The van der Waals surface area contributed by atoms with Gasteiger partial charge in [-0.05, 0) is 17.1 Å². The van der Waals surface area contributed by atoms with E-state index >= 15 is 0 Å². The molecule has 1 atom stereocenters. The molecular weight excluding hydrogens is 190 g/mol. The maximum Gasteiger partial charge on any atom is 0.0541 e. The van der Waals surface area contributed by atoms with Gasteiger partial charge in [-0.3, -0.25) is 0 Å². The summed E-state index contributed by atoms with van der Waals surface area (Å²) in [5, 5.41) is 2.50. The monoisotopic (exact) mass is 199 g/mol. The van der Waals surface area contributed by atoms with Crippen molar-refractivity contribution in [1.29, 1.82) is 0 Å². The van der Waals surface area contributed by atoms with Crippen molar-refractivity contribution in [1.82, 2.24) is 0 Å². The number of halogens is 1. The molecule has 12 heavy (non-hydrogen) atoms. The van der Waals surface area contributed by atoms with Crippen LogP contribution in [0.5, 0.6) is 0 Å². The molecule has 1 aliphatic carbocycles. The van der Waals surface area contributed by atoms with Crippen molar-refractivity contribution in [3.05, 3.63) is 47.1 Å². The van der Waals surface area contributed by atoms with Crippen LogP contribution in [0, 0.1) is 0 Å². The number of hydrogen-bond donors (Lipinski definition) is 1. The van der Waals surface area contributed by atoms with E-state index in [4.69, 9.17) is 5.73 Å². The third kappa shape index (κ3) is 1.59. The normalized spacial score (nSPS) is 25.2. The summed E-state index contributed by atoms with van der Waals surface area (Å²) in [6, 6.07) is 0. The van der Waals surface area contributed by atoms with Gasteiger partial charge in [0, 0.05) is 5.70 Å². The average Bonchev–Trinajstić information content (AvgIpc) is 2.06. The predicted octanol–water partition coefficient (Wildman–Crippen LogP) is 2.38. The molecule has 0 aromatic heterocycles. The molecule has 0 fully saturated rings. The molecule has 0 amide bonds. The molecule has 1 aliphatic heterocycles. The Morgan fingerprint density at radius 3 is 2.83 bits per heavy atom. The number of rotatable bonds is 0. The van der Waals surface area contributed by atoms with E-state index in [1.807, 2.05) is 17.6 Å². The van der Waals surface area contributed by atoms with Crippen molar-refractivity contribution >= 4 is 24.2 Å². The average molecular weight is 200 g/mol. The molecular formula is C9H10ClNS. The van der Waals surface area contributed by atoms with Crippen LogP contribution in [0.4, 0.5) is 0 Å². The minimum atomic E-state index is 0. The summed E-state index contributed by atoms with van der Waals surface area (Å²) in [7, 11) is 0. The lowest BCUT2D eigenvalue weighted by Crippen LogP contribution is -2.12. The van der Waals surface area contributed by atoms with Crippen LogP contribution in [0.3, 0.4) is 0 Å². The molecule has 64 valence electrons. The summed E-state index contributed by atoms with van der Waals surface area (Å²) in [4.78, 5) is 0. The molecule has 0 saturated carbocycles. The first kappa shape index (κ1) is 9.49. The van der Waals surface area contributed by atoms with E-state index in [9.17, 15) is 0 Å². The maximum atomic E-state index is 5.78. The van der Waals surface area contributed by atoms with Gasteiger partial charge in [0.05, 0.1) is 5.25 Å². The molecule has 0 radical (unpaired) electrons. The quantitative estimate of drug-likeness (QED) is 0.649. The number of thioether (sulfide) groups is 1. The fraction of sp³-hybridized carbons (Fsp3) is 0.111. The first-order valence-electron chi connectivity index (χ1n) is 3.54. The van der Waals surface area contributed by atoms with Crippen molar-refractivity contribution in [3.63, 3.8) is 0 Å². The number of nitrogens with two attached hydrogens (primary N) is 1. The van der Waals surface area contributed by atoms with Gasteiger partial charge in [0.1, 0.15) is 0 Å². The number of allylic oxidation sites excluding steroid dienone is 4. The van der Waals surface area contributed by atoms with Crippen LogP contribution in [0.15, 0.2) is 47.1 Å². The van der Waals surface area contributed by atoms with Crippen LogP contribution in [-0.4, -0.2) is 5.25 Å². The van der Waals surface area contributed by atoms with Gasteiger partial charge in [-0.15, -0.1) is 24.2 Å². The Bertz CT molecular complexity index is 289. The van der Waals surface area contributed by atoms with Gasteiger partial charge >= 0.3 is 0 Å². The highest BCUT2D eigenvalue weighted by Crippen LogP contribution is 2.30. The highest BCUT2D eigenvalue weighted by Gasteiger charge is 2.15. The molecule has 0 aromatic carbocycles. The van der Waals surface area contributed by atoms with Crippen LogP contribution in [0.25, 0.3) is 0 Å². The summed E-state index contributed by atoms with van der Waals surface area (Å²) >= 11 is 1.79. The second-order valence-corrected chi connectivity index (χ2v) is 3.57. The predicted molar refractivity (Wildman–Crippen MR) is 57.3 cm³/mol. The fourth-order valence-corrected chi connectivity index (χ4v) is 2.13. The van der Waals surface area contributed by atoms with E-state index in [-0.39, 0.29) is 12.4 Å². The lowest BCUT2D eigenvalue weighted by molar-refractivity contribution is 1.20. The molecule has 2 aliphatic rings. The van der Waals surface area contributed by atoms with Crippen LogP contribution in [0.2, 0.25) is 0 Å². The first-order valence-corrected chi connectivity index (χ1v) is 4.49. The Morgan fingerprint density at radius 1 is 1.25 bits per heavy atom. The molecule has 2 rings (SSSR count). The Balaban J connectivity index is 0.000000720. The van der Waals surface area contributed by atoms with Crippen molar-refractivity contribution in [3.8, 4) is 0 Å². The van der Waals surface area contributed by atoms with Crippen LogP contribution >= 0.6 is 24.2 Å². The molecule has 0 aromatic rings. The standard InChI is InChI=1S/C9H9NS.ClH/c10-8-5-6-11-9-4-2-1-3-7(8)9;/h1-6,9H,10H2;1H/t9-;/m1./s1. The number of hydrogen-bond acceptors (Lipinski definition) is 2. The fourth-order valence-electron chi connectivity index (χ4n) is 1.20. The molecule has 2 N–H and O–H groups in total. The molecule has 0 unspecified atom stereocenters. The van der Waals surface area contributed by atoms with E-state index in [0.29, 0.717) is 5.25 Å². The first-order chi connectivity index (χ1) is 5.38. The molecule has 0 saturated heterocycles. The van der Waals surface area contributed by atoms with Crippen molar-refractivity contribution in [2.75, 3.05) is 0 Å². The summed E-state index contributed by atoms with van der Waals surface area (Å²) in [5.74, 6) is 0. The van der Waals surface area contributed by atoms with E-state index in [1.165, 1.54) is 5.57 Å². The summed E-state index contributed by atoms with van der Waals surface area (Å²) in [6.45, 7) is 0. The zero-order chi connectivity index (χ0) is 7.68. The van der Waals surface area contributed by atoms with Gasteiger partial charge in [0.2, 0.25) is 0 Å². The van der Waals surface area contributed by atoms with Gasteiger partial charge in [0.25, 0.3) is 0 Å². The van der Waals surface area contributed by atoms with Crippen LogP contribution in [0.1, 0.15) is 0 Å². The van der Waals surface area contributed by atoms with Gasteiger partial charge < -0.3 is 5.73 Å². The third-order valence-electron chi connectivity index (χ3n) is 1.79. The lowest BCUT2D eigenvalue weighted by atomic mass is 10.0. The third-order valence-corrected chi connectivity index (χ3v) is 2.78. The molecule has 1 nitrogen and oxygen atoms in total. The van der Waals surface area contributed by atoms with E-state index < -0.39 is 0 Å². The summed E-state index contributed by atoms with van der Waals surface area (Å²) in [6.07, 6.45) is 10.3. The van der Waals surface area contributed by atoms with Crippen LogP contribution < -0.4 is 5.73 Å². The smallest absolute Gasteiger partial charge is 0.0541 e. The van der Waals surface area contributed by atoms with E-state index in [1.54, 1.807) is 11.8 Å². The molecule has 0 bridgehead atoms. The Hall–Kier alpha value is -0.600. The summed E-state index contributed by atoms with van der Waals surface area (Å²) in [5.41, 5.74) is 7.92. The van der Waals surface area contributed by atoms with Gasteiger partial charge in [-0.25, -0.2) is 0 Å². The molecule has 0 spiro atoms. The van der Waals surface area contributed by atoms with Gasteiger partial charge in [-0.1, -0.05) is 24.3 Å². The molecule has 3 heteroatoms. The van der Waals surface area contributed by atoms with E-state index in [0.717, 1.165) is 5.70 Å². The van der Waals surface area contributed by atoms with Crippen molar-refractivity contribution < 1.29 is 0 Å². The Kier molecular flexibility index (Phi) is 3.06. The minimum Gasteiger partial charge on any atom is -0.398 e. The highest BCUT2D eigenvalue weighted by molar-refractivity contribution is 8.03. The Morgan fingerprint density at radius 2 is 2.08 bits per heavy atom. The van der Waals surface area contributed by atoms with Gasteiger partial charge in [-0.2, -0.15) is 0 Å². The minimum absolute atomic E-state index is 0. The zero-order valence-corrected chi connectivity index (χ0v) is 8.07. The highest BCUT2D eigenvalue weighted by atomic mass is 35.5. The maximum absolute atomic E-state index is 5.78. The SMILES string of the molecule is Cl.NC1=C2C=CC=C[C@H]2SC=C1. The zero-order valence-electron chi connectivity index (χ0n) is 6.44. The van der Waals surface area contributed by atoms with Crippen molar-refractivity contribution in [2.45, 2.75) is 5.25 Å². The second kappa shape index (κ2) is 3.87. The largest absolute Gasteiger partial charge is 0.398 e. The summed E-state index contributed by atoms with van der Waals surface area (Å²) < 4.78 is 0. The van der Waals surface area contributed by atoms with Crippen molar-refractivity contribution in [2.24, 2.45) is 5.73 Å². The van der Waals surface area contributed by atoms with E-state index in [2.05, 4.69) is 18.2 Å². The van der Waals surface area contributed by atoms with Gasteiger partial charge in [0.15, 0.2) is 0 Å². The number of fused-ring (bicyclic) bond motifs is 1. The topological polar surface area (TPSA) is 26.0 Å².